The molecule has 0 spiro atoms. The van der Waals surface area contributed by atoms with Crippen LogP contribution in [0.2, 0.25) is 0 Å². The van der Waals surface area contributed by atoms with Crippen LogP contribution >= 0.6 is 0 Å². The van der Waals surface area contributed by atoms with Gasteiger partial charge in [0.2, 0.25) is 0 Å². The molecule has 1 N–H and O–H groups in total. The number of hydrogen-bond acceptors (Lipinski definition) is 3. The van der Waals surface area contributed by atoms with Gasteiger partial charge in [-0.3, -0.25) is 9.97 Å². The van der Waals surface area contributed by atoms with Crippen molar-refractivity contribution in [2.24, 2.45) is 0 Å². The van der Waals surface area contributed by atoms with Crippen molar-refractivity contribution in [1.82, 2.24) is 9.97 Å². The van der Waals surface area contributed by atoms with Crippen molar-refractivity contribution < 1.29 is 9.50 Å². The van der Waals surface area contributed by atoms with Gasteiger partial charge in [0.15, 0.2) is 0 Å². The lowest BCUT2D eigenvalue weighted by atomic mass is 10.0. The Morgan fingerprint density at radius 3 is 2.67 bits per heavy atom. The molecule has 0 aliphatic carbocycles. The van der Waals surface area contributed by atoms with Crippen molar-refractivity contribution in [2.75, 3.05) is 0 Å². The molecule has 3 aromatic rings. The first-order valence-corrected chi connectivity index (χ1v) is 6.80. The van der Waals surface area contributed by atoms with E-state index in [-0.39, 0.29) is 17.5 Å². The van der Waals surface area contributed by atoms with Crippen LogP contribution < -0.4 is 0 Å². The monoisotopic (exact) mass is 282 g/mol. The fourth-order valence-corrected chi connectivity index (χ4v) is 2.40. The van der Waals surface area contributed by atoms with Crippen molar-refractivity contribution in [3.8, 4) is 16.9 Å². The second-order valence-electron chi connectivity index (χ2n) is 5.28. The zero-order valence-electron chi connectivity index (χ0n) is 11.8. The highest BCUT2D eigenvalue weighted by molar-refractivity contribution is 5.85. The molecule has 0 saturated heterocycles. The Kier molecular flexibility index (Phi) is 3.29. The van der Waals surface area contributed by atoms with Crippen molar-refractivity contribution in [2.45, 2.75) is 19.8 Å². The first-order valence-electron chi connectivity index (χ1n) is 6.80. The summed E-state index contributed by atoms with van der Waals surface area (Å²) in [5.74, 6) is -0.142. The Morgan fingerprint density at radius 1 is 1.14 bits per heavy atom. The lowest BCUT2D eigenvalue weighted by molar-refractivity contribution is 0.460. The molecule has 0 bridgehead atoms. The standard InChI is InChI=1S/C17H15FN2O/c1-10(2)17-15(21)8-11(9-20-17)12-5-6-14-13(16(12)18)4-3-7-19-14/h3-10,21H,1-2H3. The summed E-state index contributed by atoms with van der Waals surface area (Å²) in [6, 6.07) is 8.38. The Balaban J connectivity index is 2.17. The molecule has 2 aromatic heterocycles. The van der Waals surface area contributed by atoms with Crippen LogP contribution in [0, 0.1) is 5.82 Å². The van der Waals surface area contributed by atoms with E-state index in [0.717, 1.165) is 0 Å². The highest BCUT2D eigenvalue weighted by Crippen LogP contribution is 2.32. The molecular formula is C17H15FN2O. The van der Waals surface area contributed by atoms with Crippen molar-refractivity contribution in [1.29, 1.82) is 0 Å². The summed E-state index contributed by atoms with van der Waals surface area (Å²) in [5.41, 5.74) is 2.19. The SMILES string of the molecule is CC(C)c1ncc(-c2ccc3ncccc3c2F)cc1O. The van der Waals surface area contributed by atoms with Gasteiger partial charge in [0.1, 0.15) is 11.6 Å². The predicted molar refractivity (Wildman–Crippen MR) is 80.7 cm³/mol. The molecule has 4 heteroatoms. The first kappa shape index (κ1) is 13.5. The number of aromatic nitrogens is 2. The van der Waals surface area contributed by atoms with E-state index < -0.39 is 0 Å². The van der Waals surface area contributed by atoms with E-state index in [4.69, 9.17) is 0 Å². The van der Waals surface area contributed by atoms with Crippen LogP contribution in [0.25, 0.3) is 22.0 Å². The fourth-order valence-electron chi connectivity index (χ4n) is 2.40. The van der Waals surface area contributed by atoms with Crippen LogP contribution in [-0.2, 0) is 0 Å². The van der Waals surface area contributed by atoms with Gasteiger partial charge in [0.25, 0.3) is 0 Å². The van der Waals surface area contributed by atoms with Crippen LogP contribution in [0.4, 0.5) is 4.39 Å². The van der Waals surface area contributed by atoms with Gasteiger partial charge in [-0.15, -0.1) is 0 Å². The lowest BCUT2D eigenvalue weighted by Gasteiger charge is -2.10. The third kappa shape index (κ3) is 2.33. The number of benzene rings is 1. The van der Waals surface area contributed by atoms with Crippen LogP contribution in [-0.4, -0.2) is 15.1 Å². The van der Waals surface area contributed by atoms with Gasteiger partial charge >= 0.3 is 0 Å². The van der Waals surface area contributed by atoms with E-state index in [2.05, 4.69) is 9.97 Å². The highest BCUT2D eigenvalue weighted by Gasteiger charge is 2.13. The van der Waals surface area contributed by atoms with E-state index in [1.165, 1.54) is 0 Å². The smallest absolute Gasteiger partial charge is 0.140 e. The molecular weight excluding hydrogens is 267 g/mol. The van der Waals surface area contributed by atoms with E-state index in [0.29, 0.717) is 27.7 Å². The van der Waals surface area contributed by atoms with E-state index >= 15 is 0 Å². The van der Waals surface area contributed by atoms with Gasteiger partial charge in [-0.05, 0) is 36.2 Å². The minimum absolute atomic E-state index is 0.0909. The molecule has 0 aliphatic rings. The van der Waals surface area contributed by atoms with E-state index in [1.54, 1.807) is 42.7 Å². The first-order chi connectivity index (χ1) is 10.1. The molecule has 3 rings (SSSR count). The third-order valence-electron chi connectivity index (χ3n) is 3.47. The molecule has 1 aromatic carbocycles. The van der Waals surface area contributed by atoms with Gasteiger partial charge in [-0.2, -0.15) is 0 Å². The second-order valence-corrected chi connectivity index (χ2v) is 5.28. The van der Waals surface area contributed by atoms with E-state index in [9.17, 15) is 9.50 Å². The fraction of sp³-hybridized carbons (Fsp3) is 0.176. The summed E-state index contributed by atoms with van der Waals surface area (Å²) >= 11 is 0. The zero-order valence-corrected chi connectivity index (χ0v) is 11.8. The summed E-state index contributed by atoms with van der Waals surface area (Å²) in [4.78, 5) is 8.37. The van der Waals surface area contributed by atoms with E-state index in [1.807, 2.05) is 13.8 Å². The maximum absolute atomic E-state index is 14.6. The largest absolute Gasteiger partial charge is 0.506 e. The maximum atomic E-state index is 14.6. The average Bonchev–Trinajstić information content (AvgIpc) is 2.47. The predicted octanol–water partition coefficient (Wildman–Crippen LogP) is 4.26. The van der Waals surface area contributed by atoms with Crippen LogP contribution in [0.5, 0.6) is 5.75 Å². The molecule has 2 heterocycles. The zero-order chi connectivity index (χ0) is 15.0. The Labute approximate surface area is 122 Å². The van der Waals surface area contributed by atoms with Crippen LogP contribution in [0.15, 0.2) is 42.7 Å². The summed E-state index contributed by atoms with van der Waals surface area (Å²) < 4.78 is 14.6. The quantitative estimate of drug-likeness (QED) is 0.763. The maximum Gasteiger partial charge on any atom is 0.140 e. The number of aromatic hydroxyl groups is 1. The summed E-state index contributed by atoms with van der Waals surface area (Å²) in [7, 11) is 0. The van der Waals surface area contributed by atoms with Crippen LogP contribution in [0.1, 0.15) is 25.5 Å². The molecule has 3 nitrogen and oxygen atoms in total. The Hall–Kier alpha value is -2.49. The summed E-state index contributed by atoms with van der Waals surface area (Å²) in [5, 5.41) is 10.5. The minimum atomic E-state index is -0.348. The van der Waals surface area contributed by atoms with Gasteiger partial charge in [-0.25, -0.2) is 4.39 Å². The van der Waals surface area contributed by atoms with Gasteiger partial charge in [-0.1, -0.05) is 13.8 Å². The lowest BCUT2D eigenvalue weighted by Crippen LogP contribution is -1.95. The number of nitrogens with zero attached hydrogens (tertiary/aromatic N) is 2. The third-order valence-corrected chi connectivity index (χ3v) is 3.47. The van der Waals surface area contributed by atoms with Crippen LogP contribution in [0.3, 0.4) is 0 Å². The number of rotatable bonds is 2. The number of fused-ring (bicyclic) bond motifs is 1. The van der Waals surface area contributed by atoms with Crippen molar-refractivity contribution in [3.05, 3.63) is 54.2 Å². The van der Waals surface area contributed by atoms with Crippen molar-refractivity contribution >= 4 is 10.9 Å². The molecule has 0 atom stereocenters. The molecule has 0 radical (unpaired) electrons. The Bertz CT molecular complexity index is 815. The number of pyridine rings is 2. The second kappa shape index (κ2) is 5.13. The minimum Gasteiger partial charge on any atom is -0.506 e. The molecule has 0 unspecified atom stereocenters. The van der Waals surface area contributed by atoms with Gasteiger partial charge in [0.05, 0.1) is 11.2 Å². The Morgan fingerprint density at radius 2 is 1.95 bits per heavy atom. The summed E-state index contributed by atoms with van der Waals surface area (Å²) in [6.45, 7) is 3.90. The molecule has 106 valence electrons. The van der Waals surface area contributed by atoms with Gasteiger partial charge < -0.3 is 5.11 Å². The molecule has 0 fully saturated rings. The van der Waals surface area contributed by atoms with Gasteiger partial charge in [0, 0.05) is 28.9 Å². The molecule has 21 heavy (non-hydrogen) atoms. The number of halogens is 1. The average molecular weight is 282 g/mol. The molecule has 0 amide bonds. The number of hydrogen-bond donors (Lipinski definition) is 1. The highest BCUT2D eigenvalue weighted by atomic mass is 19.1. The molecule has 0 saturated carbocycles. The topological polar surface area (TPSA) is 46.0 Å². The normalized spacial score (nSPS) is 11.2. The van der Waals surface area contributed by atoms with Crippen molar-refractivity contribution in [3.63, 3.8) is 0 Å². The summed E-state index contributed by atoms with van der Waals surface area (Å²) in [6.07, 6.45) is 3.22. The molecule has 0 aliphatic heterocycles.